The van der Waals surface area contributed by atoms with Crippen LogP contribution in [0.5, 0.6) is 0 Å². The third-order valence-electron chi connectivity index (χ3n) is 3.23. The maximum absolute atomic E-state index is 12.1. The molecule has 2 N–H and O–H groups in total. The van der Waals surface area contributed by atoms with Crippen molar-refractivity contribution in [2.24, 2.45) is 11.7 Å². The van der Waals surface area contributed by atoms with E-state index >= 15 is 0 Å². The highest BCUT2D eigenvalue weighted by Gasteiger charge is 2.21. The fourth-order valence-corrected chi connectivity index (χ4v) is 1.82. The van der Waals surface area contributed by atoms with E-state index in [1.54, 1.807) is 11.9 Å². The molecular weight excluding hydrogens is 238 g/mol. The van der Waals surface area contributed by atoms with Crippen LogP contribution in [0, 0.1) is 5.92 Å². The maximum Gasteiger partial charge on any atom is 0.239 e. The summed E-state index contributed by atoms with van der Waals surface area (Å²) < 4.78 is 0. The number of benzene rings is 1. The van der Waals surface area contributed by atoms with Crippen molar-refractivity contribution in [3.63, 3.8) is 0 Å². The lowest BCUT2D eigenvalue weighted by atomic mass is 10.0. The van der Waals surface area contributed by atoms with Crippen LogP contribution in [-0.4, -0.2) is 38.0 Å². The number of amides is 1. The first kappa shape index (κ1) is 15.5. The Morgan fingerprint density at radius 1 is 1.26 bits per heavy atom. The minimum Gasteiger partial charge on any atom is -0.378 e. The molecule has 0 saturated carbocycles. The van der Waals surface area contributed by atoms with Gasteiger partial charge in [-0.1, -0.05) is 26.0 Å². The molecule has 0 unspecified atom stereocenters. The van der Waals surface area contributed by atoms with Gasteiger partial charge in [0.1, 0.15) is 0 Å². The predicted molar refractivity (Wildman–Crippen MR) is 80.1 cm³/mol. The molecule has 4 heteroatoms. The molecule has 0 saturated heterocycles. The molecule has 1 aromatic carbocycles. The molecule has 4 nitrogen and oxygen atoms in total. The third-order valence-corrected chi connectivity index (χ3v) is 3.23. The molecule has 0 aliphatic carbocycles. The van der Waals surface area contributed by atoms with Crippen LogP contribution in [0.4, 0.5) is 5.69 Å². The highest BCUT2D eigenvalue weighted by molar-refractivity contribution is 5.81. The van der Waals surface area contributed by atoms with Crippen molar-refractivity contribution in [3.8, 4) is 0 Å². The molecule has 0 aliphatic rings. The van der Waals surface area contributed by atoms with Crippen molar-refractivity contribution in [2.45, 2.75) is 26.4 Å². The number of likely N-dealkylation sites (N-methyl/N-ethyl adjacent to an activating group) is 1. The first-order chi connectivity index (χ1) is 8.82. The summed E-state index contributed by atoms with van der Waals surface area (Å²) in [5.41, 5.74) is 8.13. The highest BCUT2D eigenvalue weighted by Crippen LogP contribution is 2.15. The summed E-state index contributed by atoms with van der Waals surface area (Å²) in [7, 11) is 5.80. The zero-order chi connectivity index (χ0) is 14.6. The van der Waals surface area contributed by atoms with E-state index in [0.29, 0.717) is 6.54 Å². The van der Waals surface area contributed by atoms with E-state index in [2.05, 4.69) is 6.07 Å². The molecule has 0 fully saturated rings. The summed E-state index contributed by atoms with van der Waals surface area (Å²) in [5, 5.41) is 0. The molecule has 1 amide bonds. The van der Waals surface area contributed by atoms with Crippen molar-refractivity contribution < 1.29 is 4.79 Å². The van der Waals surface area contributed by atoms with E-state index in [9.17, 15) is 4.79 Å². The Labute approximate surface area is 116 Å². The Kier molecular flexibility index (Phi) is 5.36. The van der Waals surface area contributed by atoms with Gasteiger partial charge >= 0.3 is 0 Å². The molecule has 106 valence electrons. The van der Waals surface area contributed by atoms with Gasteiger partial charge < -0.3 is 15.5 Å². The zero-order valence-electron chi connectivity index (χ0n) is 12.6. The van der Waals surface area contributed by atoms with Gasteiger partial charge in [0.25, 0.3) is 0 Å². The molecular formula is C15H25N3O. The Balaban J connectivity index is 2.74. The van der Waals surface area contributed by atoms with Crippen molar-refractivity contribution >= 4 is 11.6 Å². The molecule has 1 atom stereocenters. The smallest absolute Gasteiger partial charge is 0.239 e. The minimum atomic E-state index is -0.429. The summed E-state index contributed by atoms with van der Waals surface area (Å²) in [6.45, 7) is 4.51. The molecule has 1 aromatic rings. The molecule has 0 spiro atoms. The topological polar surface area (TPSA) is 49.6 Å². The van der Waals surface area contributed by atoms with Crippen molar-refractivity contribution in [3.05, 3.63) is 29.8 Å². The van der Waals surface area contributed by atoms with Gasteiger partial charge in [0.2, 0.25) is 5.91 Å². The standard InChI is InChI=1S/C15H25N3O/c1-11(2)14(16)15(19)18(5)10-12-7-6-8-13(9-12)17(3)4/h6-9,11,14H,10,16H2,1-5H3/t14-/m0/s1. The number of rotatable bonds is 5. The number of carbonyl (C=O) groups excluding carboxylic acids is 1. The van der Waals surface area contributed by atoms with Crippen LogP contribution in [0.3, 0.4) is 0 Å². The van der Waals surface area contributed by atoms with Gasteiger partial charge in [0.15, 0.2) is 0 Å². The van der Waals surface area contributed by atoms with E-state index < -0.39 is 6.04 Å². The largest absolute Gasteiger partial charge is 0.378 e. The van der Waals surface area contributed by atoms with Gasteiger partial charge in [0.05, 0.1) is 6.04 Å². The average Bonchev–Trinajstić information content (AvgIpc) is 2.37. The van der Waals surface area contributed by atoms with E-state index in [-0.39, 0.29) is 11.8 Å². The fraction of sp³-hybridized carbons (Fsp3) is 0.533. The number of hydrogen-bond donors (Lipinski definition) is 1. The van der Waals surface area contributed by atoms with Gasteiger partial charge in [-0.25, -0.2) is 0 Å². The Morgan fingerprint density at radius 2 is 1.89 bits per heavy atom. The van der Waals surface area contributed by atoms with E-state index in [4.69, 9.17) is 5.73 Å². The number of nitrogens with zero attached hydrogens (tertiary/aromatic N) is 2. The van der Waals surface area contributed by atoms with Crippen LogP contribution >= 0.6 is 0 Å². The summed E-state index contributed by atoms with van der Waals surface area (Å²) in [6.07, 6.45) is 0. The lowest BCUT2D eigenvalue weighted by molar-refractivity contribution is -0.132. The van der Waals surface area contributed by atoms with E-state index in [1.807, 2.05) is 51.0 Å². The number of anilines is 1. The van der Waals surface area contributed by atoms with Crippen molar-refractivity contribution in [1.29, 1.82) is 0 Å². The monoisotopic (exact) mass is 263 g/mol. The maximum atomic E-state index is 12.1. The predicted octanol–water partition coefficient (Wildman–Crippen LogP) is 1.69. The van der Waals surface area contributed by atoms with Crippen LogP contribution in [0.2, 0.25) is 0 Å². The van der Waals surface area contributed by atoms with E-state index in [1.165, 1.54) is 0 Å². The number of nitrogens with two attached hydrogens (primary N) is 1. The number of hydrogen-bond acceptors (Lipinski definition) is 3. The summed E-state index contributed by atoms with van der Waals surface area (Å²) in [4.78, 5) is 15.8. The van der Waals surface area contributed by atoms with Gasteiger partial charge in [-0.2, -0.15) is 0 Å². The number of carbonyl (C=O) groups is 1. The fourth-order valence-electron chi connectivity index (χ4n) is 1.82. The molecule has 0 aliphatic heterocycles. The minimum absolute atomic E-state index is 0.00902. The highest BCUT2D eigenvalue weighted by atomic mass is 16.2. The van der Waals surface area contributed by atoms with Crippen LogP contribution in [0.25, 0.3) is 0 Å². The molecule has 1 rings (SSSR count). The summed E-state index contributed by atoms with van der Waals surface area (Å²) in [5.74, 6) is 0.147. The second kappa shape index (κ2) is 6.57. The molecule has 0 radical (unpaired) electrons. The van der Waals surface area contributed by atoms with Gasteiger partial charge in [0, 0.05) is 33.4 Å². The van der Waals surface area contributed by atoms with E-state index in [0.717, 1.165) is 11.3 Å². The SMILES string of the molecule is CC(C)[C@H](N)C(=O)N(C)Cc1cccc(N(C)C)c1. The lowest BCUT2D eigenvalue weighted by Gasteiger charge is -2.24. The van der Waals surface area contributed by atoms with Crippen molar-refractivity contribution in [2.75, 3.05) is 26.0 Å². The van der Waals surface area contributed by atoms with Crippen LogP contribution < -0.4 is 10.6 Å². The third kappa shape index (κ3) is 4.24. The molecule has 0 bridgehead atoms. The molecule has 19 heavy (non-hydrogen) atoms. The zero-order valence-corrected chi connectivity index (χ0v) is 12.6. The molecule has 0 heterocycles. The first-order valence-electron chi connectivity index (χ1n) is 6.59. The Bertz CT molecular complexity index is 429. The second-order valence-corrected chi connectivity index (χ2v) is 5.53. The average molecular weight is 263 g/mol. The summed E-state index contributed by atoms with van der Waals surface area (Å²) in [6, 6.07) is 7.74. The normalized spacial score (nSPS) is 12.4. The van der Waals surface area contributed by atoms with Gasteiger partial charge in [-0.15, -0.1) is 0 Å². The molecule has 0 aromatic heterocycles. The quantitative estimate of drug-likeness (QED) is 0.879. The summed E-state index contributed by atoms with van der Waals surface area (Å²) >= 11 is 0. The second-order valence-electron chi connectivity index (χ2n) is 5.53. The lowest BCUT2D eigenvalue weighted by Crippen LogP contribution is -2.44. The van der Waals surface area contributed by atoms with Crippen LogP contribution in [0.1, 0.15) is 19.4 Å². The first-order valence-corrected chi connectivity index (χ1v) is 6.59. The Hall–Kier alpha value is -1.55. The van der Waals surface area contributed by atoms with Gasteiger partial charge in [-0.3, -0.25) is 4.79 Å². The van der Waals surface area contributed by atoms with Crippen LogP contribution in [0.15, 0.2) is 24.3 Å². The van der Waals surface area contributed by atoms with Crippen LogP contribution in [-0.2, 0) is 11.3 Å². The Morgan fingerprint density at radius 3 is 2.42 bits per heavy atom. The van der Waals surface area contributed by atoms with Gasteiger partial charge in [-0.05, 0) is 23.6 Å². The van der Waals surface area contributed by atoms with Crippen molar-refractivity contribution in [1.82, 2.24) is 4.90 Å².